The van der Waals surface area contributed by atoms with Gasteiger partial charge in [0, 0.05) is 55.0 Å². The lowest BCUT2D eigenvalue weighted by atomic mass is 10.2. The van der Waals surface area contributed by atoms with Crippen molar-refractivity contribution in [3.63, 3.8) is 0 Å². The Morgan fingerprint density at radius 2 is 1.63 bits per heavy atom. The van der Waals surface area contributed by atoms with E-state index in [0.29, 0.717) is 0 Å². The standard InChI is InChI=1S/C21H23N5S/c1-2-7-17(8-3-1)25-15-13-24(14-16-25)11-6-12-26-21-20(22-23-26)18-9-4-5-10-19(18)27-21/h1-5,7-10H,6,11-16H2. The van der Waals surface area contributed by atoms with Gasteiger partial charge in [0.05, 0.1) is 0 Å². The van der Waals surface area contributed by atoms with Gasteiger partial charge in [-0.3, -0.25) is 4.90 Å². The molecule has 6 heteroatoms. The number of nitrogens with zero attached hydrogens (tertiary/aromatic N) is 5. The first-order valence-corrected chi connectivity index (χ1v) is 10.4. The molecule has 1 aliphatic rings. The molecule has 0 N–H and O–H groups in total. The third-order valence-corrected chi connectivity index (χ3v) is 6.55. The number of benzene rings is 2. The molecule has 1 saturated heterocycles. The summed E-state index contributed by atoms with van der Waals surface area (Å²) in [7, 11) is 0. The van der Waals surface area contributed by atoms with E-state index in [9.17, 15) is 0 Å². The molecule has 27 heavy (non-hydrogen) atoms. The Morgan fingerprint density at radius 3 is 2.48 bits per heavy atom. The summed E-state index contributed by atoms with van der Waals surface area (Å²) < 4.78 is 3.38. The fraction of sp³-hybridized carbons (Fsp3) is 0.333. The summed E-state index contributed by atoms with van der Waals surface area (Å²) in [6.45, 7) is 6.52. The van der Waals surface area contributed by atoms with Crippen molar-refractivity contribution in [1.29, 1.82) is 0 Å². The molecule has 0 amide bonds. The lowest BCUT2D eigenvalue weighted by Crippen LogP contribution is -2.46. The Hall–Kier alpha value is -2.44. The van der Waals surface area contributed by atoms with E-state index in [0.717, 1.165) is 51.2 Å². The molecule has 0 bridgehead atoms. The molecule has 0 saturated carbocycles. The lowest BCUT2D eigenvalue weighted by Gasteiger charge is -2.36. The Labute approximate surface area is 162 Å². The molecule has 2 aromatic heterocycles. The number of hydrogen-bond acceptors (Lipinski definition) is 5. The average molecular weight is 378 g/mol. The van der Waals surface area contributed by atoms with Gasteiger partial charge in [-0.15, -0.1) is 16.4 Å². The highest BCUT2D eigenvalue weighted by molar-refractivity contribution is 7.25. The van der Waals surface area contributed by atoms with E-state index < -0.39 is 0 Å². The monoisotopic (exact) mass is 377 g/mol. The van der Waals surface area contributed by atoms with Crippen LogP contribution in [0, 0.1) is 0 Å². The Kier molecular flexibility index (Phi) is 4.51. The molecule has 1 aliphatic heterocycles. The van der Waals surface area contributed by atoms with Crippen molar-refractivity contribution < 1.29 is 0 Å². The van der Waals surface area contributed by atoms with Crippen molar-refractivity contribution >= 4 is 37.5 Å². The summed E-state index contributed by atoms with van der Waals surface area (Å²) >= 11 is 1.80. The predicted octanol–water partition coefficient (Wildman–Crippen LogP) is 3.86. The molecule has 3 heterocycles. The maximum absolute atomic E-state index is 4.42. The fourth-order valence-corrected chi connectivity index (χ4v) is 5.00. The van der Waals surface area contributed by atoms with Crippen molar-refractivity contribution in [3.05, 3.63) is 54.6 Å². The number of anilines is 1. The van der Waals surface area contributed by atoms with E-state index in [1.807, 2.05) is 0 Å². The predicted molar refractivity (Wildman–Crippen MR) is 113 cm³/mol. The van der Waals surface area contributed by atoms with Crippen LogP contribution < -0.4 is 4.90 Å². The number of para-hydroxylation sites is 1. The molecule has 0 aliphatic carbocycles. The highest BCUT2D eigenvalue weighted by Crippen LogP contribution is 2.31. The Morgan fingerprint density at radius 1 is 0.852 bits per heavy atom. The topological polar surface area (TPSA) is 37.2 Å². The largest absolute Gasteiger partial charge is 0.369 e. The SMILES string of the molecule is c1ccc(N2CCN(CCCn3nnc4c5ccccc5sc43)CC2)cc1. The summed E-state index contributed by atoms with van der Waals surface area (Å²) in [6.07, 6.45) is 1.11. The van der Waals surface area contributed by atoms with E-state index in [4.69, 9.17) is 0 Å². The summed E-state index contributed by atoms with van der Waals surface area (Å²) in [6, 6.07) is 19.2. The number of thiophene rings is 1. The first-order chi connectivity index (χ1) is 13.4. The van der Waals surface area contributed by atoms with Gasteiger partial charge in [0.15, 0.2) is 0 Å². The first-order valence-electron chi connectivity index (χ1n) is 9.61. The van der Waals surface area contributed by atoms with Gasteiger partial charge in [0.2, 0.25) is 0 Å². The second-order valence-corrected chi connectivity index (χ2v) is 8.11. The van der Waals surface area contributed by atoms with E-state index in [-0.39, 0.29) is 0 Å². The number of aromatic nitrogens is 3. The molecule has 5 rings (SSSR count). The summed E-state index contributed by atoms with van der Waals surface area (Å²) in [4.78, 5) is 6.25. The molecule has 2 aromatic carbocycles. The van der Waals surface area contributed by atoms with Crippen LogP contribution in [0.25, 0.3) is 20.4 Å². The van der Waals surface area contributed by atoms with Gasteiger partial charge >= 0.3 is 0 Å². The summed E-state index contributed by atoms with van der Waals surface area (Å²) in [5.74, 6) is 0. The fourth-order valence-electron chi connectivity index (χ4n) is 3.89. The number of piperazine rings is 1. The van der Waals surface area contributed by atoms with Crippen molar-refractivity contribution in [2.75, 3.05) is 37.6 Å². The first kappa shape index (κ1) is 16.7. The van der Waals surface area contributed by atoms with E-state index in [1.54, 1.807) is 11.3 Å². The molecular formula is C21H23N5S. The average Bonchev–Trinajstić information content (AvgIpc) is 3.29. The third kappa shape index (κ3) is 3.31. The van der Waals surface area contributed by atoms with Crippen molar-refractivity contribution in [2.24, 2.45) is 0 Å². The third-order valence-electron chi connectivity index (χ3n) is 5.38. The molecule has 0 unspecified atom stereocenters. The molecule has 0 radical (unpaired) electrons. The number of aryl methyl sites for hydroxylation is 1. The van der Waals surface area contributed by atoms with Crippen LogP contribution in [0.4, 0.5) is 5.69 Å². The van der Waals surface area contributed by atoms with Gasteiger partial charge in [0.1, 0.15) is 10.3 Å². The molecule has 0 spiro atoms. The second kappa shape index (κ2) is 7.29. The van der Waals surface area contributed by atoms with Crippen LogP contribution in [0.1, 0.15) is 6.42 Å². The van der Waals surface area contributed by atoms with Crippen molar-refractivity contribution in [2.45, 2.75) is 13.0 Å². The number of fused-ring (bicyclic) bond motifs is 3. The van der Waals surface area contributed by atoms with Gasteiger partial charge in [-0.2, -0.15) is 0 Å². The second-order valence-electron chi connectivity index (χ2n) is 7.08. The normalized spacial score (nSPS) is 15.8. The van der Waals surface area contributed by atoms with Crippen LogP contribution in [-0.4, -0.2) is 52.6 Å². The zero-order valence-corrected chi connectivity index (χ0v) is 16.1. The van der Waals surface area contributed by atoms with Gasteiger partial charge in [-0.25, -0.2) is 4.68 Å². The van der Waals surface area contributed by atoms with Crippen LogP contribution in [0.15, 0.2) is 54.6 Å². The van der Waals surface area contributed by atoms with Crippen molar-refractivity contribution in [3.8, 4) is 0 Å². The van der Waals surface area contributed by atoms with Crippen LogP contribution in [0.5, 0.6) is 0 Å². The van der Waals surface area contributed by atoms with E-state index >= 15 is 0 Å². The van der Waals surface area contributed by atoms with Crippen LogP contribution in [0.3, 0.4) is 0 Å². The van der Waals surface area contributed by atoms with Gasteiger partial charge in [0.25, 0.3) is 0 Å². The minimum atomic E-state index is 0.933. The maximum Gasteiger partial charge on any atom is 0.143 e. The molecule has 4 aromatic rings. The quantitative estimate of drug-likeness (QED) is 0.529. The number of hydrogen-bond donors (Lipinski definition) is 0. The van der Waals surface area contributed by atoms with Gasteiger partial charge in [-0.05, 0) is 24.6 Å². The van der Waals surface area contributed by atoms with Gasteiger partial charge < -0.3 is 4.90 Å². The smallest absolute Gasteiger partial charge is 0.143 e. The molecule has 0 atom stereocenters. The van der Waals surface area contributed by atoms with E-state index in [1.165, 1.54) is 20.6 Å². The number of rotatable bonds is 5. The maximum atomic E-state index is 4.42. The van der Waals surface area contributed by atoms with Crippen LogP contribution in [-0.2, 0) is 6.54 Å². The Bertz CT molecular complexity index is 1030. The van der Waals surface area contributed by atoms with Crippen LogP contribution >= 0.6 is 11.3 Å². The molecule has 138 valence electrons. The zero-order valence-electron chi connectivity index (χ0n) is 15.3. The lowest BCUT2D eigenvalue weighted by molar-refractivity contribution is 0.249. The highest BCUT2D eigenvalue weighted by Gasteiger charge is 2.17. The van der Waals surface area contributed by atoms with E-state index in [2.05, 4.69) is 79.4 Å². The summed E-state index contributed by atoms with van der Waals surface area (Å²) in [5.41, 5.74) is 2.39. The van der Waals surface area contributed by atoms with Crippen molar-refractivity contribution in [1.82, 2.24) is 19.9 Å². The van der Waals surface area contributed by atoms with Gasteiger partial charge in [-0.1, -0.05) is 41.6 Å². The Balaban J connectivity index is 1.17. The molecule has 1 fully saturated rings. The minimum absolute atomic E-state index is 0.933. The summed E-state index contributed by atoms with van der Waals surface area (Å²) in [5, 5.41) is 10.0. The molecule has 5 nitrogen and oxygen atoms in total. The zero-order chi connectivity index (χ0) is 18.1. The minimum Gasteiger partial charge on any atom is -0.369 e. The van der Waals surface area contributed by atoms with Crippen LogP contribution in [0.2, 0.25) is 0 Å². The molecular weight excluding hydrogens is 354 g/mol. The highest BCUT2D eigenvalue weighted by atomic mass is 32.1.